The first kappa shape index (κ1) is 12.9. The van der Waals surface area contributed by atoms with Gasteiger partial charge in [0.15, 0.2) is 0 Å². The zero-order valence-corrected chi connectivity index (χ0v) is 12.2. The van der Waals surface area contributed by atoms with Crippen molar-refractivity contribution in [3.8, 4) is 0 Å². The molecule has 0 aromatic heterocycles. The molecule has 0 saturated heterocycles. The molecule has 0 spiro atoms. The monoisotopic (exact) mass is 292 g/mol. The normalized spacial score (nSPS) is 18.4. The summed E-state index contributed by atoms with van der Waals surface area (Å²) in [6.45, 7) is 2.24. The second kappa shape index (κ2) is 6.39. The van der Waals surface area contributed by atoms with Gasteiger partial charge in [-0.15, -0.1) is 0 Å². The second-order valence-electron chi connectivity index (χ2n) is 4.91. The summed E-state index contributed by atoms with van der Waals surface area (Å²) in [5, 5.41) is 0. The van der Waals surface area contributed by atoms with Crippen LogP contribution < -0.4 is 0 Å². The third kappa shape index (κ3) is 3.45. The molecule has 0 bridgehead atoms. The van der Waals surface area contributed by atoms with Crippen LogP contribution in [0.5, 0.6) is 0 Å². The molecule has 0 amide bonds. The second-order valence-corrected chi connectivity index (χ2v) is 5.83. The highest BCUT2D eigenvalue weighted by molar-refractivity contribution is 9.10. The minimum absolute atomic E-state index is 0.796. The fraction of sp³-hybridized carbons (Fsp3) is 0.500. The zero-order valence-electron chi connectivity index (χ0n) is 10.6. The molecule has 17 heavy (non-hydrogen) atoms. The van der Waals surface area contributed by atoms with E-state index in [1.165, 1.54) is 42.1 Å². The van der Waals surface area contributed by atoms with Crippen LogP contribution in [0.3, 0.4) is 0 Å². The molecule has 0 unspecified atom stereocenters. The van der Waals surface area contributed by atoms with Crippen molar-refractivity contribution < 1.29 is 0 Å². The van der Waals surface area contributed by atoms with Gasteiger partial charge in [-0.1, -0.05) is 60.3 Å². The van der Waals surface area contributed by atoms with Crippen LogP contribution in [0.2, 0.25) is 0 Å². The average Bonchev–Trinajstić information content (AvgIpc) is 2.38. The van der Waals surface area contributed by atoms with E-state index in [4.69, 9.17) is 0 Å². The molecule has 1 heteroatoms. The van der Waals surface area contributed by atoms with Gasteiger partial charge in [-0.2, -0.15) is 0 Å². The summed E-state index contributed by atoms with van der Waals surface area (Å²) in [5.74, 6) is 0.796. The molecular formula is C16H21Br. The molecule has 0 nitrogen and oxygen atoms in total. The van der Waals surface area contributed by atoms with Gasteiger partial charge in [-0.25, -0.2) is 0 Å². The topological polar surface area (TPSA) is 0 Å². The standard InChI is InChI=1S/C16H21Br/c1-2-6-16(13-7-4-3-5-8-13)14-9-11-15(17)12-10-14/h6,9-13H,2-5,7-8H2,1H3. The SMILES string of the molecule is CCC=C(c1ccc(Br)cc1)C1CCCCC1. The molecule has 1 fully saturated rings. The van der Waals surface area contributed by atoms with E-state index in [9.17, 15) is 0 Å². The Morgan fingerprint density at radius 1 is 1.18 bits per heavy atom. The highest BCUT2D eigenvalue weighted by atomic mass is 79.9. The maximum absolute atomic E-state index is 3.51. The summed E-state index contributed by atoms with van der Waals surface area (Å²) >= 11 is 3.51. The molecule has 92 valence electrons. The Balaban J connectivity index is 2.22. The van der Waals surface area contributed by atoms with Crippen LogP contribution in [0.25, 0.3) is 5.57 Å². The van der Waals surface area contributed by atoms with Gasteiger partial charge in [0.1, 0.15) is 0 Å². The van der Waals surface area contributed by atoms with Crippen LogP contribution in [0, 0.1) is 5.92 Å². The smallest absolute Gasteiger partial charge is 0.0175 e. The predicted molar refractivity (Wildman–Crippen MR) is 79.0 cm³/mol. The first-order valence-corrected chi connectivity index (χ1v) is 7.56. The average molecular weight is 293 g/mol. The molecule has 1 aromatic rings. The fourth-order valence-electron chi connectivity index (χ4n) is 2.80. The lowest BCUT2D eigenvalue weighted by Gasteiger charge is -2.25. The lowest BCUT2D eigenvalue weighted by Crippen LogP contribution is -2.08. The molecule has 0 aliphatic heterocycles. The van der Waals surface area contributed by atoms with E-state index in [0.29, 0.717) is 0 Å². The van der Waals surface area contributed by atoms with Gasteiger partial charge >= 0.3 is 0 Å². The van der Waals surface area contributed by atoms with E-state index in [2.05, 4.69) is 53.2 Å². The molecule has 1 aliphatic rings. The van der Waals surface area contributed by atoms with Crippen LogP contribution >= 0.6 is 15.9 Å². The predicted octanol–water partition coefficient (Wildman–Crippen LogP) is 5.82. The number of benzene rings is 1. The first-order chi connectivity index (χ1) is 8.31. The van der Waals surface area contributed by atoms with Crippen LogP contribution in [-0.2, 0) is 0 Å². The van der Waals surface area contributed by atoms with Crippen molar-refractivity contribution in [3.05, 3.63) is 40.4 Å². The maximum atomic E-state index is 3.51. The van der Waals surface area contributed by atoms with Crippen molar-refractivity contribution in [2.24, 2.45) is 5.92 Å². The van der Waals surface area contributed by atoms with Crippen LogP contribution in [0.15, 0.2) is 34.8 Å². The molecule has 0 N–H and O–H groups in total. The highest BCUT2D eigenvalue weighted by Gasteiger charge is 2.18. The number of allylic oxidation sites excluding steroid dienone is 2. The van der Waals surface area contributed by atoms with E-state index in [0.717, 1.165) is 12.3 Å². The van der Waals surface area contributed by atoms with Gasteiger partial charge in [-0.05, 0) is 48.4 Å². The van der Waals surface area contributed by atoms with Crippen molar-refractivity contribution in [1.82, 2.24) is 0 Å². The summed E-state index contributed by atoms with van der Waals surface area (Å²) in [7, 11) is 0. The van der Waals surface area contributed by atoms with Crippen molar-refractivity contribution in [1.29, 1.82) is 0 Å². The molecule has 1 aliphatic carbocycles. The van der Waals surface area contributed by atoms with Gasteiger partial charge < -0.3 is 0 Å². The van der Waals surface area contributed by atoms with Gasteiger partial charge in [0.05, 0.1) is 0 Å². The molecule has 2 rings (SSSR count). The first-order valence-electron chi connectivity index (χ1n) is 6.77. The zero-order chi connectivity index (χ0) is 12.1. The molecule has 1 saturated carbocycles. The Morgan fingerprint density at radius 3 is 2.41 bits per heavy atom. The fourth-order valence-corrected chi connectivity index (χ4v) is 3.06. The molecule has 0 radical (unpaired) electrons. The lowest BCUT2D eigenvalue weighted by molar-refractivity contribution is 0.429. The highest BCUT2D eigenvalue weighted by Crippen LogP contribution is 2.35. The third-order valence-electron chi connectivity index (χ3n) is 3.65. The Morgan fingerprint density at radius 2 is 1.82 bits per heavy atom. The molecule has 0 heterocycles. The number of rotatable bonds is 3. The quantitative estimate of drug-likeness (QED) is 0.658. The molecule has 0 atom stereocenters. The summed E-state index contributed by atoms with van der Waals surface area (Å²) < 4.78 is 1.17. The van der Waals surface area contributed by atoms with E-state index in [1.807, 2.05) is 0 Å². The van der Waals surface area contributed by atoms with Crippen LogP contribution in [0.4, 0.5) is 0 Å². The van der Waals surface area contributed by atoms with Crippen molar-refractivity contribution in [2.75, 3.05) is 0 Å². The maximum Gasteiger partial charge on any atom is 0.0175 e. The van der Waals surface area contributed by atoms with Crippen molar-refractivity contribution in [3.63, 3.8) is 0 Å². The van der Waals surface area contributed by atoms with Crippen LogP contribution in [0.1, 0.15) is 51.0 Å². The van der Waals surface area contributed by atoms with E-state index >= 15 is 0 Å². The minimum Gasteiger partial charge on any atom is -0.0807 e. The number of hydrogen-bond donors (Lipinski definition) is 0. The van der Waals surface area contributed by atoms with E-state index in [1.54, 1.807) is 5.57 Å². The lowest BCUT2D eigenvalue weighted by atomic mass is 9.80. The largest absolute Gasteiger partial charge is 0.0807 e. The molecular weight excluding hydrogens is 272 g/mol. The summed E-state index contributed by atoms with van der Waals surface area (Å²) in [5.41, 5.74) is 3.00. The van der Waals surface area contributed by atoms with Gasteiger partial charge in [0.2, 0.25) is 0 Å². The van der Waals surface area contributed by atoms with Crippen molar-refractivity contribution in [2.45, 2.75) is 45.4 Å². The van der Waals surface area contributed by atoms with E-state index < -0.39 is 0 Å². The Kier molecular flexibility index (Phi) is 4.85. The third-order valence-corrected chi connectivity index (χ3v) is 4.18. The Labute approximate surface area is 113 Å². The summed E-state index contributed by atoms with van der Waals surface area (Å²) in [6.07, 6.45) is 10.6. The van der Waals surface area contributed by atoms with Crippen molar-refractivity contribution >= 4 is 21.5 Å². The van der Waals surface area contributed by atoms with Gasteiger partial charge in [0.25, 0.3) is 0 Å². The van der Waals surface area contributed by atoms with Gasteiger partial charge in [-0.3, -0.25) is 0 Å². The van der Waals surface area contributed by atoms with Gasteiger partial charge in [0, 0.05) is 4.47 Å². The summed E-state index contributed by atoms with van der Waals surface area (Å²) in [6, 6.07) is 8.81. The number of hydrogen-bond acceptors (Lipinski definition) is 0. The van der Waals surface area contributed by atoms with Crippen LogP contribution in [-0.4, -0.2) is 0 Å². The van der Waals surface area contributed by atoms with E-state index in [-0.39, 0.29) is 0 Å². The Bertz CT molecular complexity index is 369. The molecule has 1 aromatic carbocycles. The minimum atomic E-state index is 0.796. The Hall–Kier alpha value is -0.560. The summed E-state index contributed by atoms with van der Waals surface area (Å²) in [4.78, 5) is 0. The number of halogens is 1.